The minimum atomic E-state index is -2.31. The highest BCUT2D eigenvalue weighted by Crippen LogP contribution is 2.10. The van der Waals surface area contributed by atoms with Gasteiger partial charge in [0.2, 0.25) is 0 Å². The molecule has 0 unspecified atom stereocenters. The fourth-order valence-electron chi connectivity index (χ4n) is 3.94. The Hall–Kier alpha value is -3.20. The number of benzene rings is 4. The van der Waals surface area contributed by atoms with Crippen LogP contribution in [0.4, 0.5) is 0 Å². The van der Waals surface area contributed by atoms with Crippen LogP contribution in [-0.2, 0) is 11.3 Å². The molecule has 30 heavy (non-hydrogen) atoms. The molecule has 0 aromatic heterocycles. The molecule has 0 fully saturated rings. The van der Waals surface area contributed by atoms with Crippen LogP contribution in [0.25, 0.3) is 0 Å². The van der Waals surface area contributed by atoms with Crippen molar-refractivity contribution >= 4 is 23.6 Å². The van der Waals surface area contributed by atoms with Crippen LogP contribution in [0.2, 0.25) is 0 Å². The van der Waals surface area contributed by atoms with E-state index < -0.39 is 8.07 Å². The van der Waals surface area contributed by atoms with Gasteiger partial charge in [0, 0.05) is 0 Å². The van der Waals surface area contributed by atoms with E-state index >= 15 is 0 Å². The molecule has 0 aliphatic heterocycles. The van der Waals surface area contributed by atoms with Crippen LogP contribution in [-0.4, -0.2) is 14.7 Å². The van der Waals surface area contributed by atoms with E-state index in [1.807, 2.05) is 18.2 Å². The van der Waals surface area contributed by atoms with Crippen LogP contribution in [0.1, 0.15) is 5.56 Å². The van der Waals surface area contributed by atoms with Gasteiger partial charge < -0.3 is 4.74 Å². The Bertz CT molecular complexity index is 948. The van der Waals surface area contributed by atoms with E-state index in [9.17, 15) is 0 Å². The van der Waals surface area contributed by atoms with Crippen LogP contribution in [0.15, 0.2) is 133 Å². The van der Waals surface area contributed by atoms with Crippen molar-refractivity contribution in [1.29, 1.82) is 0 Å². The van der Waals surface area contributed by atoms with E-state index in [2.05, 4.69) is 115 Å². The van der Waals surface area contributed by atoms with Crippen molar-refractivity contribution in [3.63, 3.8) is 0 Å². The third-order valence-corrected chi connectivity index (χ3v) is 9.85. The molecule has 0 aliphatic carbocycles. The Balaban J connectivity index is 1.69. The van der Waals surface area contributed by atoms with Crippen molar-refractivity contribution in [2.45, 2.75) is 6.61 Å². The van der Waals surface area contributed by atoms with Crippen LogP contribution < -0.4 is 15.6 Å². The van der Waals surface area contributed by atoms with Crippen molar-refractivity contribution < 1.29 is 4.74 Å². The topological polar surface area (TPSA) is 9.23 Å². The SMILES string of the molecule is C(=C\[Si](c1ccccc1)(c1ccccc1)c1ccccc1)/COCc1ccccc1. The summed E-state index contributed by atoms with van der Waals surface area (Å²) in [6.45, 7) is 1.22. The number of hydrogen-bond acceptors (Lipinski definition) is 1. The highest BCUT2D eigenvalue weighted by molar-refractivity contribution is 7.14. The third-order valence-electron chi connectivity index (χ3n) is 5.38. The maximum atomic E-state index is 5.96. The molecule has 4 rings (SSSR count). The molecule has 0 amide bonds. The van der Waals surface area contributed by atoms with Crippen LogP contribution in [0, 0.1) is 0 Å². The van der Waals surface area contributed by atoms with E-state index in [1.165, 1.54) is 21.1 Å². The van der Waals surface area contributed by atoms with Gasteiger partial charge in [0.05, 0.1) is 13.2 Å². The Kier molecular flexibility index (Phi) is 6.71. The molecule has 2 heteroatoms. The zero-order valence-electron chi connectivity index (χ0n) is 17.0. The first-order chi connectivity index (χ1) is 14.9. The van der Waals surface area contributed by atoms with Crippen molar-refractivity contribution in [3.8, 4) is 0 Å². The van der Waals surface area contributed by atoms with E-state index in [4.69, 9.17) is 4.74 Å². The minimum absolute atomic E-state index is 0.593. The number of rotatable bonds is 8. The van der Waals surface area contributed by atoms with Gasteiger partial charge >= 0.3 is 0 Å². The summed E-state index contributed by atoms with van der Waals surface area (Å²) >= 11 is 0. The highest BCUT2D eigenvalue weighted by Gasteiger charge is 2.36. The fraction of sp³-hybridized carbons (Fsp3) is 0.0714. The molecule has 0 radical (unpaired) electrons. The summed E-state index contributed by atoms with van der Waals surface area (Å²) in [7, 11) is -2.31. The summed E-state index contributed by atoms with van der Waals surface area (Å²) in [4.78, 5) is 0. The van der Waals surface area contributed by atoms with Crippen molar-refractivity contribution in [1.82, 2.24) is 0 Å². The molecule has 0 N–H and O–H groups in total. The van der Waals surface area contributed by atoms with E-state index in [0.717, 1.165) is 0 Å². The predicted octanol–water partition coefficient (Wildman–Crippen LogP) is 4.47. The summed E-state index contributed by atoms with van der Waals surface area (Å²) in [6.07, 6.45) is 2.21. The van der Waals surface area contributed by atoms with Crippen molar-refractivity contribution in [2.24, 2.45) is 0 Å². The lowest BCUT2D eigenvalue weighted by molar-refractivity contribution is 0.149. The second-order valence-corrected chi connectivity index (χ2v) is 11.0. The molecular formula is C28H26OSi. The van der Waals surface area contributed by atoms with Gasteiger partial charge in [-0.3, -0.25) is 0 Å². The second-order valence-electron chi connectivity index (χ2n) is 7.31. The van der Waals surface area contributed by atoms with Gasteiger partial charge in [-0.15, -0.1) is 0 Å². The van der Waals surface area contributed by atoms with E-state index in [0.29, 0.717) is 13.2 Å². The number of ether oxygens (including phenoxy) is 1. The first-order valence-electron chi connectivity index (χ1n) is 10.4. The normalized spacial score (nSPS) is 11.6. The fourth-order valence-corrected chi connectivity index (χ4v) is 8.12. The molecule has 0 aliphatic rings. The number of hydrogen-bond donors (Lipinski definition) is 0. The summed E-state index contributed by atoms with van der Waals surface area (Å²) in [5.74, 6) is 0. The zero-order chi connectivity index (χ0) is 20.5. The zero-order valence-corrected chi connectivity index (χ0v) is 18.0. The van der Waals surface area contributed by atoms with E-state index in [1.54, 1.807) is 0 Å². The molecule has 0 saturated heterocycles. The van der Waals surface area contributed by atoms with Gasteiger partial charge in [-0.05, 0) is 21.1 Å². The maximum Gasteiger partial charge on any atom is 0.172 e. The summed E-state index contributed by atoms with van der Waals surface area (Å²) in [6, 6.07) is 43.0. The maximum absolute atomic E-state index is 5.96. The average Bonchev–Trinajstić information content (AvgIpc) is 2.84. The third kappa shape index (κ3) is 4.51. The Morgan fingerprint density at radius 3 is 1.37 bits per heavy atom. The molecule has 0 spiro atoms. The largest absolute Gasteiger partial charge is 0.373 e. The van der Waals surface area contributed by atoms with Crippen molar-refractivity contribution in [2.75, 3.05) is 6.61 Å². The lowest BCUT2D eigenvalue weighted by Gasteiger charge is -2.30. The molecule has 0 bridgehead atoms. The minimum Gasteiger partial charge on any atom is -0.373 e. The monoisotopic (exact) mass is 406 g/mol. The van der Waals surface area contributed by atoms with Gasteiger partial charge in [0.1, 0.15) is 0 Å². The van der Waals surface area contributed by atoms with Crippen LogP contribution >= 0.6 is 0 Å². The van der Waals surface area contributed by atoms with E-state index in [-0.39, 0.29) is 0 Å². The Morgan fingerprint density at radius 2 is 0.933 bits per heavy atom. The molecule has 0 atom stereocenters. The highest BCUT2D eigenvalue weighted by atomic mass is 28.3. The molecule has 0 saturated carbocycles. The predicted molar refractivity (Wildman–Crippen MR) is 129 cm³/mol. The van der Waals surface area contributed by atoms with Gasteiger partial charge in [-0.1, -0.05) is 133 Å². The van der Waals surface area contributed by atoms with Crippen LogP contribution in [0.5, 0.6) is 0 Å². The average molecular weight is 407 g/mol. The van der Waals surface area contributed by atoms with Gasteiger partial charge in [0.15, 0.2) is 8.07 Å². The standard InChI is InChI=1S/C28H26OSi/c1-5-14-25(15-6-1)24-29-22-13-23-30(26-16-7-2-8-17-26,27-18-9-3-10-19-27)28-20-11-4-12-21-28/h1-21,23H,22,24H2/b23-13+. The first kappa shape index (κ1) is 20.1. The molecular weight excluding hydrogens is 380 g/mol. The molecule has 4 aromatic carbocycles. The molecule has 1 nitrogen and oxygen atoms in total. The molecule has 148 valence electrons. The van der Waals surface area contributed by atoms with Crippen molar-refractivity contribution in [3.05, 3.63) is 139 Å². The van der Waals surface area contributed by atoms with Gasteiger partial charge in [0.25, 0.3) is 0 Å². The van der Waals surface area contributed by atoms with Gasteiger partial charge in [-0.2, -0.15) is 0 Å². The lowest BCUT2D eigenvalue weighted by atomic mass is 10.2. The summed E-state index contributed by atoms with van der Waals surface area (Å²) in [5, 5.41) is 4.13. The Morgan fingerprint density at radius 1 is 0.533 bits per heavy atom. The molecule has 4 aromatic rings. The first-order valence-corrected chi connectivity index (χ1v) is 12.4. The smallest absolute Gasteiger partial charge is 0.172 e. The second kappa shape index (κ2) is 10.0. The quantitative estimate of drug-likeness (QED) is 0.238. The molecule has 0 heterocycles. The summed E-state index contributed by atoms with van der Waals surface area (Å²) in [5.41, 5.74) is 3.63. The summed E-state index contributed by atoms with van der Waals surface area (Å²) < 4.78 is 5.96. The van der Waals surface area contributed by atoms with Gasteiger partial charge in [-0.25, -0.2) is 0 Å². The van der Waals surface area contributed by atoms with Crippen LogP contribution in [0.3, 0.4) is 0 Å². The Labute approximate surface area is 180 Å². The lowest BCUT2D eigenvalue weighted by Crippen LogP contribution is -2.66.